The molecule has 1 aromatic rings. The number of carbonyl (C=O) groups is 2. The molecule has 1 unspecified atom stereocenters. The molecule has 1 aliphatic rings. The van der Waals surface area contributed by atoms with Crippen LogP contribution in [0.3, 0.4) is 0 Å². The first kappa shape index (κ1) is 12.8. The van der Waals surface area contributed by atoms with Crippen molar-refractivity contribution in [2.24, 2.45) is 0 Å². The minimum absolute atomic E-state index is 0.00416. The molecule has 0 saturated carbocycles. The van der Waals surface area contributed by atoms with Gasteiger partial charge in [0.2, 0.25) is 5.91 Å². The van der Waals surface area contributed by atoms with Crippen molar-refractivity contribution in [3.05, 3.63) is 29.3 Å². The van der Waals surface area contributed by atoms with Crippen LogP contribution in [-0.4, -0.2) is 24.3 Å². The maximum Gasteiger partial charge on any atom is 0.241 e. The van der Waals surface area contributed by atoms with Gasteiger partial charge in [-0.2, -0.15) is 0 Å². The van der Waals surface area contributed by atoms with Crippen molar-refractivity contribution in [3.8, 4) is 0 Å². The summed E-state index contributed by atoms with van der Waals surface area (Å²) in [5, 5.41) is 6.05. The molecule has 1 aromatic carbocycles. The van der Waals surface area contributed by atoms with E-state index in [9.17, 15) is 9.59 Å². The van der Waals surface area contributed by atoms with Gasteiger partial charge in [0.1, 0.15) is 0 Å². The van der Waals surface area contributed by atoms with Gasteiger partial charge >= 0.3 is 0 Å². The zero-order valence-electron chi connectivity index (χ0n) is 10.7. The van der Waals surface area contributed by atoms with Crippen molar-refractivity contribution in [2.75, 3.05) is 11.9 Å². The van der Waals surface area contributed by atoms with Gasteiger partial charge in [0.25, 0.3) is 0 Å². The fourth-order valence-corrected chi connectivity index (χ4v) is 2.10. The summed E-state index contributed by atoms with van der Waals surface area (Å²) in [4.78, 5) is 23.3. The summed E-state index contributed by atoms with van der Waals surface area (Å²) >= 11 is 0. The van der Waals surface area contributed by atoms with Gasteiger partial charge in [0, 0.05) is 11.3 Å². The highest BCUT2D eigenvalue weighted by molar-refractivity contribution is 5.99. The number of anilines is 1. The number of amides is 1. The Labute approximate surface area is 107 Å². The molecule has 0 radical (unpaired) electrons. The predicted molar refractivity (Wildman–Crippen MR) is 70.8 cm³/mol. The van der Waals surface area contributed by atoms with Crippen LogP contribution in [0.4, 0.5) is 5.69 Å². The summed E-state index contributed by atoms with van der Waals surface area (Å²) in [5.41, 5.74) is 2.31. The molecule has 0 bridgehead atoms. The molecule has 1 atom stereocenters. The molecule has 4 heteroatoms. The van der Waals surface area contributed by atoms with Crippen LogP contribution in [0.15, 0.2) is 18.2 Å². The van der Waals surface area contributed by atoms with E-state index in [1.807, 2.05) is 13.0 Å². The monoisotopic (exact) mass is 246 g/mol. The minimum Gasteiger partial charge on any atom is -0.324 e. The summed E-state index contributed by atoms with van der Waals surface area (Å²) in [6.45, 7) is 4.33. The molecule has 2 rings (SSSR count). The summed E-state index contributed by atoms with van der Waals surface area (Å²) in [6, 6.07) is 5.27. The van der Waals surface area contributed by atoms with Crippen molar-refractivity contribution in [1.82, 2.24) is 5.32 Å². The zero-order valence-corrected chi connectivity index (χ0v) is 10.7. The van der Waals surface area contributed by atoms with Gasteiger partial charge in [0.05, 0.1) is 6.04 Å². The number of carbonyl (C=O) groups excluding carboxylic acids is 2. The Balaban J connectivity index is 2.14. The van der Waals surface area contributed by atoms with E-state index < -0.39 is 0 Å². The van der Waals surface area contributed by atoms with Crippen LogP contribution in [0.1, 0.15) is 35.7 Å². The lowest BCUT2D eigenvalue weighted by Crippen LogP contribution is -2.35. The Kier molecular flexibility index (Phi) is 3.77. The second-order valence-electron chi connectivity index (χ2n) is 4.72. The maximum absolute atomic E-state index is 12.0. The topological polar surface area (TPSA) is 58.2 Å². The van der Waals surface area contributed by atoms with Crippen LogP contribution in [-0.2, 0) is 4.79 Å². The second kappa shape index (κ2) is 5.31. The quantitative estimate of drug-likeness (QED) is 0.801. The van der Waals surface area contributed by atoms with E-state index in [2.05, 4.69) is 10.6 Å². The van der Waals surface area contributed by atoms with Gasteiger partial charge in [-0.25, -0.2) is 0 Å². The van der Waals surface area contributed by atoms with Crippen LogP contribution in [0.5, 0.6) is 0 Å². The Morgan fingerprint density at radius 2 is 2.17 bits per heavy atom. The Morgan fingerprint density at radius 3 is 2.78 bits per heavy atom. The molecule has 96 valence electrons. The molecule has 1 fully saturated rings. The number of aryl methyl sites for hydroxylation is 1. The summed E-state index contributed by atoms with van der Waals surface area (Å²) in [6.07, 6.45) is 1.90. The Bertz CT molecular complexity index is 477. The van der Waals surface area contributed by atoms with E-state index in [1.165, 1.54) is 6.92 Å². The number of hydrogen-bond acceptors (Lipinski definition) is 3. The van der Waals surface area contributed by atoms with Crippen LogP contribution in [0, 0.1) is 6.92 Å². The molecule has 2 N–H and O–H groups in total. The predicted octanol–water partition coefficient (Wildman–Crippen LogP) is 1.89. The van der Waals surface area contributed by atoms with Crippen molar-refractivity contribution in [2.45, 2.75) is 32.7 Å². The van der Waals surface area contributed by atoms with Crippen molar-refractivity contribution in [1.29, 1.82) is 0 Å². The molecule has 0 aliphatic carbocycles. The van der Waals surface area contributed by atoms with Gasteiger partial charge in [0.15, 0.2) is 5.78 Å². The molecule has 0 spiro atoms. The molecule has 18 heavy (non-hydrogen) atoms. The van der Waals surface area contributed by atoms with Gasteiger partial charge < -0.3 is 10.6 Å². The normalized spacial score (nSPS) is 18.7. The van der Waals surface area contributed by atoms with Gasteiger partial charge in [-0.05, 0) is 44.9 Å². The highest BCUT2D eigenvalue weighted by atomic mass is 16.2. The van der Waals surface area contributed by atoms with Crippen molar-refractivity contribution < 1.29 is 9.59 Å². The second-order valence-corrected chi connectivity index (χ2v) is 4.72. The first-order valence-corrected chi connectivity index (χ1v) is 6.24. The van der Waals surface area contributed by atoms with Crippen LogP contribution >= 0.6 is 0 Å². The summed E-state index contributed by atoms with van der Waals surface area (Å²) < 4.78 is 0. The first-order valence-electron chi connectivity index (χ1n) is 6.24. The molecular formula is C14H18N2O2. The lowest BCUT2D eigenvalue weighted by Gasteiger charge is -2.13. The minimum atomic E-state index is -0.106. The van der Waals surface area contributed by atoms with E-state index in [1.54, 1.807) is 12.1 Å². The lowest BCUT2D eigenvalue weighted by atomic mass is 10.1. The molecule has 1 aliphatic heterocycles. The highest BCUT2D eigenvalue weighted by Crippen LogP contribution is 2.18. The third-order valence-corrected chi connectivity index (χ3v) is 3.28. The molecule has 1 saturated heterocycles. The van der Waals surface area contributed by atoms with E-state index in [0.717, 1.165) is 30.6 Å². The number of Topliss-reactive ketones (excluding diaryl/α,β-unsaturated/α-hetero) is 1. The third-order valence-electron chi connectivity index (χ3n) is 3.28. The van der Waals surface area contributed by atoms with Crippen LogP contribution in [0.2, 0.25) is 0 Å². The number of nitrogens with one attached hydrogen (secondary N) is 2. The van der Waals surface area contributed by atoms with Crippen molar-refractivity contribution in [3.63, 3.8) is 0 Å². The van der Waals surface area contributed by atoms with Crippen LogP contribution in [0.25, 0.3) is 0 Å². The zero-order chi connectivity index (χ0) is 13.1. The Morgan fingerprint density at radius 1 is 1.39 bits per heavy atom. The third kappa shape index (κ3) is 2.76. The van der Waals surface area contributed by atoms with Gasteiger partial charge in [-0.1, -0.05) is 12.1 Å². The van der Waals surface area contributed by atoms with Crippen molar-refractivity contribution >= 4 is 17.4 Å². The molecular weight excluding hydrogens is 228 g/mol. The standard InChI is InChI=1S/C14H18N2O2/c1-9-5-6-11(10(2)17)8-13(9)16-14(18)12-4-3-7-15-12/h5-6,8,12,15H,3-4,7H2,1-2H3,(H,16,18). The SMILES string of the molecule is CC(=O)c1ccc(C)c(NC(=O)C2CCCN2)c1. The highest BCUT2D eigenvalue weighted by Gasteiger charge is 2.22. The molecule has 1 heterocycles. The smallest absolute Gasteiger partial charge is 0.241 e. The Hall–Kier alpha value is -1.68. The summed E-state index contributed by atoms with van der Waals surface area (Å²) in [5.74, 6) is -0.0132. The molecule has 0 aromatic heterocycles. The van der Waals surface area contributed by atoms with E-state index in [4.69, 9.17) is 0 Å². The lowest BCUT2D eigenvalue weighted by molar-refractivity contribution is -0.117. The van der Waals surface area contributed by atoms with Gasteiger partial charge in [-0.15, -0.1) is 0 Å². The summed E-state index contributed by atoms with van der Waals surface area (Å²) in [7, 11) is 0. The maximum atomic E-state index is 12.0. The fourth-order valence-electron chi connectivity index (χ4n) is 2.10. The van der Waals surface area contributed by atoms with Gasteiger partial charge in [-0.3, -0.25) is 9.59 Å². The molecule has 4 nitrogen and oxygen atoms in total. The number of hydrogen-bond donors (Lipinski definition) is 2. The van der Waals surface area contributed by atoms with E-state index in [-0.39, 0.29) is 17.7 Å². The number of rotatable bonds is 3. The number of benzene rings is 1. The largest absolute Gasteiger partial charge is 0.324 e. The molecule has 1 amide bonds. The van der Waals surface area contributed by atoms with Crippen LogP contribution < -0.4 is 10.6 Å². The number of ketones is 1. The average Bonchev–Trinajstić information content (AvgIpc) is 2.85. The average molecular weight is 246 g/mol. The fraction of sp³-hybridized carbons (Fsp3) is 0.429. The van der Waals surface area contributed by atoms with E-state index in [0.29, 0.717) is 5.56 Å². The first-order chi connectivity index (χ1) is 8.58. The van der Waals surface area contributed by atoms with E-state index >= 15 is 0 Å².